The van der Waals surface area contributed by atoms with Gasteiger partial charge in [-0.25, -0.2) is 13.6 Å². The van der Waals surface area contributed by atoms with Crippen LogP contribution in [0.2, 0.25) is 0 Å². The zero-order valence-corrected chi connectivity index (χ0v) is 21.1. The average Bonchev–Trinajstić information content (AvgIpc) is 3.27. The van der Waals surface area contributed by atoms with Gasteiger partial charge in [-0.15, -0.1) is 0 Å². The smallest absolute Gasteiger partial charge is 0.410 e. The summed E-state index contributed by atoms with van der Waals surface area (Å²) in [5, 5.41) is 0.288. The molecule has 0 radical (unpaired) electrons. The van der Waals surface area contributed by atoms with E-state index in [1.165, 1.54) is 39.9 Å². The maximum absolute atomic E-state index is 14.2. The van der Waals surface area contributed by atoms with E-state index in [9.17, 15) is 39.9 Å². The standard InChI is InChI=1S/C28H22F8N2O2/c1-3-37(4-2)26(39)40-24-10-9-23-19(25(24)16-5-8-21(29)22(30)14-16)11-12-38(23)15-17-13-18(27(31,32)33)6-7-20(17)28(34,35)36/h5-14H,3-4,15H2,1-2H3. The van der Waals surface area contributed by atoms with Crippen LogP contribution in [0.3, 0.4) is 0 Å². The molecule has 3 aromatic carbocycles. The van der Waals surface area contributed by atoms with Crippen molar-refractivity contribution >= 4 is 17.0 Å². The number of amides is 1. The molecule has 0 aliphatic rings. The van der Waals surface area contributed by atoms with Crippen LogP contribution in [0.15, 0.2) is 60.8 Å². The molecule has 0 unspecified atom stereocenters. The number of aromatic nitrogens is 1. The molecule has 0 bridgehead atoms. The van der Waals surface area contributed by atoms with E-state index in [4.69, 9.17) is 4.74 Å². The summed E-state index contributed by atoms with van der Waals surface area (Å²) < 4.78 is 116. The fourth-order valence-electron chi connectivity index (χ4n) is 4.43. The molecular formula is C28H22F8N2O2. The Bertz CT molecular complexity index is 1550. The van der Waals surface area contributed by atoms with Crippen LogP contribution in [-0.2, 0) is 18.9 Å². The largest absolute Gasteiger partial charge is 0.416 e. The van der Waals surface area contributed by atoms with Crippen molar-refractivity contribution in [3.63, 3.8) is 0 Å². The highest BCUT2D eigenvalue weighted by atomic mass is 19.4. The molecule has 4 aromatic rings. The molecule has 1 amide bonds. The SMILES string of the molecule is CCN(CC)C(=O)Oc1ccc2c(ccn2Cc2cc(C(F)(F)F)ccc2C(F)(F)F)c1-c1ccc(F)c(F)c1. The molecule has 1 heterocycles. The van der Waals surface area contributed by atoms with Gasteiger partial charge in [0.25, 0.3) is 0 Å². The van der Waals surface area contributed by atoms with Crippen LogP contribution < -0.4 is 4.74 Å². The third-order valence-electron chi connectivity index (χ3n) is 6.42. The lowest BCUT2D eigenvalue weighted by Gasteiger charge is -2.20. The summed E-state index contributed by atoms with van der Waals surface area (Å²) in [6.07, 6.45) is -9.14. The Morgan fingerprint density at radius 2 is 1.55 bits per heavy atom. The zero-order valence-electron chi connectivity index (χ0n) is 21.1. The molecule has 0 N–H and O–H groups in total. The summed E-state index contributed by atoms with van der Waals surface area (Å²) in [5.41, 5.74) is -2.57. The lowest BCUT2D eigenvalue weighted by molar-refractivity contribution is -0.141. The Hall–Kier alpha value is -4.09. The molecule has 0 aliphatic heterocycles. The summed E-state index contributed by atoms with van der Waals surface area (Å²) >= 11 is 0. The van der Waals surface area contributed by atoms with Gasteiger partial charge in [0, 0.05) is 42.3 Å². The topological polar surface area (TPSA) is 34.5 Å². The first-order chi connectivity index (χ1) is 18.7. The molecule has 0 aliphatic carbocycles. The predicted molar refractivity (Wildman–Crippen MR) is 132 cm³/mol. The minimum atomic E-state index is -4.91. The first-order valence-electron chi connectivity index (χ1n) is 12.1. The second-order valence-electron chi connectivity index (χ2n) is 8.85. The number of nitrogens with zero attached hydrogens (tertiary/aromatic N) is 2. The van der Waals surface area contributed by atoms with Crippen molar-refractivity contribution in [3.05, 3.63) is 89.1 Å². The quantitative estimate of drug-likeness (QED) is 0.218. The Kier molecular flexibility index (Phi) is 7.82. The van der Waals surface area contributed by atoms with Gasteiger partial charge in [0.2, 0.25) is 0 Å². The number of carbonyl (C=O) groups is 1. The molecular weight excluding hydrogens is 548 g/mol. The molecule has 4 nitrogen and oxygen atoms in total. The molecule has 0 fully saturated rings. The monoisotopic (exact) mass is 570 g/mol. The van der Waals surface area contributed by atoms with E-state index in [0.717, 1.165) is 12.1 Å². The molecule has 0 saturated heterocycles. The van der Waals surface area contributed by atoms with Crippen molar-refractivity contribution in [3.8, 4) is 16.9 Å². The number of rotatable bonds is 6. The number of ether oxygens (including phenoxy) is 1. The molecule has 1 aromatic heterocycles. The van der Waals surface area contributed by atoms with E-state index >= 15 is 0 Å². The first kappa shape index (κ1) is 28.9. The fourth-order valence-corrected chi connectivity index (χ4v) is 4.43. The number of hydrogen-bond acceptors (Lipinski definition) is 2. The molecule has 40 heavy (non-hydrogen) atoms. The van der Waals surface area contributed by atoms with E-state index in [1.54, 1.807) is 13.8 Å². The van der Waals surface area contributed by atoms with Crippen LogP contribution in [0.4, 0.5) is 39.9 Å². The third kappa shape index (κ3) is 5.75. The Morgan fingerprint density at radius 1 is 0.850 bits per heavy atom. The highest BCUT2D eigenvalue weighted by Crippen LogP contribution is 2.40. The van der Waals surface area contributed by atoms with Crippen molar-refractivity contribution in [1.82, 2.24) is 9.47 Å². The maximum Gasteiger partial charge on any atom is 0.416 e. The number of halogens is 8. The van der Waals surface area contributed by atoms with Crippen molar-refractivity contribution in [2.75, 3.05) is 13.1 Å². The van der Waals surface area contributed by atoms with E-state index in [0.29, 0.717) is 31.3 Å². The Morgan fingerprint density at radius 3 is 2.15 bits per heavy atom. The highest BCUT2D eigenvalue weighted by molar-refractivity contribution is 5.99. The van der Waals surface area contributed by atoms with Gasteiger partial charge in [-0.05, 0) is 73.5 Å². The minimum Gasteiger partial charge on any atom is -0.410 e. The van der Waals surface area contributed by atoms with Gasteiger partial charge < -0.3 is 14.2 Å². The van der Waals surface area contributed by atoms with Crippen LogP contribution in [0.1, 0.15) is 30.5 Å². The maximum atomic E-state index is 14.2. The summed E-state index contributed by atoms with van der Waals surface area (Å²) in [6, 6.07) is 8.41. The summed E-state index contributed by atoms with van der Waals surface area (Å²) in [6.45, 7) is 3.53. The van der Waals surface area contributed by atoms with E-state index in [-0.39, 0.29) is 27.8 Å². The first-order valence-corrected chi connectivity index (χ1v) is 12.1. The third-order valence-corrected chi connectivity index (χ3v) is 6.42. The van der Waals surface area contributed by atoms with Gasteiger partial charge in [-0.2, -0.15) is 26.3 Å². The zero-order chi connectivity index (χ0) is 29.4. The summed E-state index contributed by atoms with van der Waals surface area (Å²) in [5.74, 6) is -2.34. The molecule has 0 atom stereocenters. The molecule has 0 saturated carbocycles. The highest BCUT2D eigenvalue weighted by Gasteiger charge is 2.37. The van der Waals surface area contributed by atoms with Crippen molar-refractivity contribution in [1.29, 1.82) is 0 Å². The van der Waals surface area contributed by atoms with E-state index in [2.05, 4.69) is 0 Å². The van der Waals surface area contributed by atoms with Crippen molar-refractivity contribution in [2.24, 2.45) is 0 Å². The van der Waals surface area contributed by atoms with Crippen LogP contribution >= 0.6 is 0 Å². The number of carbonyl (C=O) groups excluding carboxylic acids is 1. The average molecular weight is 570 g/mol. The normalized spacial score (nSPS) is 12.2. The molecule has 212 valence electrons. The summed E-state index contributed by atoms with van der Waals surface area (Å²) in [7, 11) is 0. The second kappa shape index (κ2) is 10.8. The summed E-state index contributed by atoms with van der Waals surface area (Å²) in [4.78, 5) is 14.0. The second-order valence-corrected chi connectivity index (χ2v) is 8.85. The van der Waals surface area contributed by atoms with Gasteiger partial charge in [0.05, 0.1) is 11.1 Å². The molecule has 0 spiro atoms. The van der Waals surface area contributed by atoms with Crippen molar-refractivity contribution < 1.29 is 44.7 Å². The van der Waals surface area contributed by atoms with Gasteiger partial charge in [-0.3, -0.25) is 0 Å². The Balaban J connectivity index is 1.88. The van der Waals surface area contributed by atoms with Gasteiger partial charge in [0.1, 0.15) is 5.75 Å². The van der Waals surface area contributed by atoms with Gasteiger partial charge in [0.15, 0.2) is 11.6 Å². The Labute approximate surface area is 223 Å². The van der Waals surface area contributed by atoms with Crippen LogP contribution in [0, 0.1) is 11.6 Å². The van der Waals surface area contributed by atoms with Crippen LogP contribution in [0.5, 0.6) is 5.75 Å². The van der Waals surface area contributed by atoms with Crippen molar-refractivity contribution in [2.45, 2.75) is 32.7 Å². The van der Waals surface area contributed by atoms with Crippen LogP contribution in [0.25, 0.3) is 22.0 Å². The predicted octanol–water partition coefficient (Wildman–Crippen LogP) is 8.51. The fraction of sp³-hybridized carbons (Fsp3) is 0.250. The number of fused-ring (bicyclic) bond motifs is 1. The van der Waals surface area contributed by atoms with E-state index in [1.807, 2.05) is 0 Å². The lowest BCUT2D eigenvalue weighted by Crippen LogP contribution is -2.33. The number of alkyl halides is 6. The van der Waals surface area contributed by atoms with Gasteiger partial charge >= 0.3 is 18.4 Å². The number of hydrogen-bond donors (Lipinski definition) is 0. The lowest BCUT2D eigenvalue weighted by atomic mass is 10.00. The van der Waals surface area contributed by atoms with Crippen LogP contribution in [-0.4, -0.2) is 28.6 Å². The van der Waals surface area contributed by atoms with Gasteiger partial charge in [-0.1, -0.05) is 6.07 Å². The van der Waals surface area contributed by atoms with E-state index < -0.39 is 53.3 Å². The molecule has 4 rings (SSSR count). The minimum absolute atomic E-state index is 0.0248. The molecule has 12 heteroatoms. The number of benzene rings is 3.